The first kappa shape index (κ1) is 77.1. The number of carbonyl (C=O) groups is 3. The van der Waals surface area contributed by atoms with Crippen LogP contribution in [0.4, 0.5) is 0 Å². The molecule has 0 saturated heterocycles. The summed E-state index contributed by atoms with van der Waals surface area (Å²) in [5.41, 5.74) is 0. The number of rotatable bonds is 65. The van der Waals surface area contributed by atoms with Crippen LogP contribution in [0, 0.1) is 0 Å². The Balaban J connectivity index is 4.29. The summed E-state index contributed by atoms with van der Waals surface area (Å²) in [6, 6.07) is 0. The Labute approximate surface area is 498 Å². The van der Waals surface area contributed by atoms with Gasteiger partial charge in [-0.1, -0.05) is 332 Å². The molecule has 0 aliphatic carbocycles. The van der Waals surface area contributed by atoms with Gasteiger partial charge in [-0.3, -0.25) is 14.4 Å². The largest absolute Gasteiger partial charge is 0.462 e. The molecule has 0 fully saturated rings. The normalized spacial score (nSPS) is 12.4. The molecule has 1 unspecified atom stereocenters. The Bertz CT molecular complexity index is 1430. The third kappa shape index (κ3) is 65.9. The molecular weight excluding hydrogens is 985 g/mol. The van der Waals surface area contributed by atoms with Crippen LogP contribution in [-0.4, -0.2) is 37.2 Å². The van der Waals surface area contributed by atoms with Gasteiger partial charge in [0.05, 0.1) is 0 Å². The molecular formula is C74H134O6. The summed E-state index contributed by atoms with van der Waals surface area (Å²) >= 11 is 0. The number of unbranched alkanes of at least 4 members (excludes halogenated alkanes) is 44. The Morgan fingerprint density at radius 3 is 0.762 bits per heavy atom. The fourth-order valence-corrected chi connectivity index (χ4v) is 10.5. The predicted octanol–water partition coefficient (Wildman–Crippen LogP) is 24.3. The molecule has 0 N–H and O–H groups in total. The summed E-state index contributed by atoms with van der Waals surface area (Å²) in [7, 11) is 0. The summed E-state index contributed by atoms with van der Waals surface area (Å²) in [6.07, 6.45) is 88.2. The van der Waals surface area contributed by atoms with Crippen LogP contribution in [-0.2, 0) is 28.6 Å². The highest BCUT2D eigenvalue weighted by Gasteiger charge is 2.19. The molecule has 80 heavy (non-hydrogen) atoms. The maximum Gasteiger partial charge on any atom is 0.306 e. The van der Waals surface area contributed by atoms with Crippen molar-refractivity contribution in [2.24, 2.45) is 0 Å². The van der Waals surface area contributed by atoms with Crippen LogP contribution in [0.1, 0.15) is 374 Å². The number of allylic oxidation sites excluding steroid dienone is 10. The minimum absolute atomic E-state index is 0.0768. The van der Waals surface area contributed by atoms with Gasteiger partial charge in [0.1, 0.15) is 13.2 Å². The van der Waals surface area contributed by atoms with Crippen molar-refractivity contribution in [2.75, 3.05) is 13.2 Å². The van der Waals surface area contributed by atoms with Crippen molar-refractivity contribution in [3.05, 3.63) is 60.8 Å². The summed E-state index contributed by atoms with van der Waals surface area (Å²) in [6.45, 7) is 6.57. The van der Waals surface area contributed by atoms with Crippen molar-refractivity contribution in [1.82, 2.24) is 0 Å². The molecule has 0 aromatic rings. The van der Waals surface area contributed by atoms with Gasteiger partial charge in [-0.25, -0.2) is 0 Å². The lowest BCUT2D eigenvalue weighted by Crippen LogP contribution is -2.30. The lowest BCUT2D eigenvalue weighted by Gasteiger charge is -2.18. The lowest BCUT2D eigenvalue weighted by atomic mass is 10.0. The van der Waals surface area contributed by atoms with Crippen molar-refractivity contribution in [3.8, 4) is 0 Å². The van der Waals surface area contributed by atoms with Gasteiger partial charge < -0.3 is 14.2 Å². The van der Waals surface area contributed by atoms with Gasteiger partial charge in [-0.15, -0.1) is 0 Å². The molecule has 0 rings (SSSR count). The Morgan fingerprint density at radius 2 is 0.487 bits per heavy atom. The number of carbonyl (C=O) groups excluding carboxylic acids is 3. The van der Waals surface area contributed by atoms with Crippen molar-refractivity contribution < 1.29 is 28.6 Å². The second-order valence-electron chi connectivity index (χ2n) is 23.8. The van der Waals surface area contributed by atoms with Gasteiger partial charge in [0.2, 0.25) is 0 Å². The van der Waals surface area contributed by atoms with Crippen LogP contribution in [0.3, 0.4) is 0 Å². The maximum atomic E-state index is 13.0. The van der Waals surface area contributed by atoms with Crippen molar-refractivity contribution in [2.45, 2.75) is 380 Å². The molecule has 0 radical (unpaired) electrons. The smallest absolute Gasteiger partial charge is 0.306 e. The van der Waals surface area contributed by atoms with E-state index in [0.717, 1.165) is 103 Å². The van der Waals surface area contributed by atoms with E-state index in [-0.39, 0.29) is 31.1 Å². The molecule has 1 atom stereocenters. The monoisotopic (exact) mass is 1120 g/mol. The van der Waals surface area contributed by atoms with E-state index >= 15 is 0 Å². The first-order valence-electron chi connectivity index (χ1n) is 35.3. The van der Waals surface area contributed by atoms with Gasteiger partial charge in [0, 0.05) is 19.3 Å². The van der Waals surface area contributed by atoms with Gasteiger partial charge in [-0.05, 0) is 83.5 Å². The van der Waals surface area contributed by atoms with Crippen molar-refractivity contribution in [1.29, 1.82) is 0 Å². The molecule has 6 heteroatoms. The highest BCUT2D eigenvalue weighted by Crippen LogP contribution is 2.18. The molecule has 0 spiro atoms. The van der Waals surface area contributed by atoms with Crippen LogP contribution in [0.2, 0.25) is 0 Å². The van der Waals surface area contributed by atoms with E-state index in [2.05, 4.69) is 81.5 Å². The van der Waals surface area contributed by atoms with Crippen LogP contribution >= 0.6 is 0 Å². The average Bonchev–Trinajstić information content (AvgIpc) is 3.46. The minimum atomic E-state index is -0.783. The predicted molar refractivity (Wildman–Crippen MR) is 348 cm³/mol. The highest BCUT2D eigenvalue weighted by atomic mass is 16.6. The van der Waals surface area contributed by atoms with E-state index in [4.69, 9.17) is 14.2 Å². The summed E-state index contributed by atoms with van der Waals surface area (Å²) in [5, 5.41) is 0. The van der Waals surface area contributed by atoms with Crippen molar-refractivity contribution in [3.63, 3.8) is 0 Å². The number of esters is 3. The Hall–Kier alpha value is -2.89. The van der Waals surface area contributed by atoms with Crippen LogP contribution in [0.5, 0.6) is 0 Å². The molecule has 0 bridgehead atoms. The van der Waals surface area contributed by atoms with Crippen LogP contribution in [0.25, 0.3) is 0 Å². The molecule has 466 valence electrons. The average molecular weight is 1120 g/mol. The first-order chi connectivity index (χ1) is 39.5. The molecule has 0 heterocycles. The topological polar surface area (TPSA) is 78.9 Å². The van der Waals surface area contributed by atoms with Gasteiger partial charge in [-0.2, -0.15) is 0 Å². The van der Waals surface area contributed by atoms with E-state index in [1.165, 1.54) is 231 Å². The Morgan fingerprint density at radius 1 is 0.263 bits per heavy atom. The third-order valence-electron chi connectivity index (χ3n) is 15.8. The molecule has 6 nitrogen and oxygen atoms in total. The van der Waals surface area contributed by atoms with Gasteiger partial charge in [0.25, 0.3) is 0 Å². The van der Waals surface area contributed by atoms with E-state index in [1.54, 1.807) is 0 Å². The molecule has 0 aliphatic heterocycles. The fourth-order valence-electron chi connectivity index (χ4n) is 10.5. The standard InChI is InChI=1S/C74H134O6/c1-4-7-10-13-16-19-22-25-28-30-32-34-36-38-39-41-43-46-49-52-55-58-61-64-67-73(76)79-70-71(69-78-72(75)66-63-60-57-54-51-48-45-27-24-21-18-15-12-9-6-3)80-74(77)68-65-62-59-56-53-50-47-44-42-40-37-35-33-31-29-26-23-20-17-14-11-8-5-2/h9,12,18,21,23,26-27,31,33,45,71H,4-8,10-11,13-17,19-20,22,24-25,28-30,32,34-44,46-70H2,1-3H3/b12-9-,21-18-,26-23-,33-31-,45-27-. The van der Waals surface area contributed by atoms with Gasteiger partial charge >= 0.3 is 17.9 Å². The van der Waals surface area contributed by atoms with E-state index in [1.807, 2.05) is 0 Å². The maximum absolute atomic E-state index is 13.0. The zero-order valence-electron chi connectivity index (χ0n) is 53.6. The van der Waals surface area contributed by atoms with E-state index in [9.17, 15) is 14.4 Å². The zero-order valence-corrected chi connectivity index (χ0v) is 53.6. The highest BCUT2D eigenvalue weighted by molar-refractivity contribution is 5.71. The third-order valence-corrected chi connectivity index (χ3v) is 15.8. The minimum Gasteiger partial charge on any atom is -0.462 e. The lowest BCUT2D eigenvalue weighted by molar-refractivity contribution is -0.167. The summed E-state index contributed by atoms with van der Waals surface area (Å²) < 4.78 is 17.0. The molecule has 0 aromatic heterocycles. The van der Waals surface area contributed by atoms with E-state index in [0.29, 0.717) is 19.3 Å². The Kier molecular flexibility index (Phi) is 66.1. The van der Waals surface area contributed by atoms with Crippen molar-refractivity contribution >= 4 is 17.9 Å². The summed E-state index contributed by atoms with van der Waals surface area (Å²) in [4.78, 5) is 38.4. The molecule has 0 saturated carbocycles. The number of hydrogen-bond donors (Lipinski definition) is 0. The first-order valence-corrected chi connectivity index (χ1v) is 35.3. The number of hydrogen-bond acceptors (Lipinski definition) is 6. The fraction of sp³-hybridized carbons (Fsp3) is 0.824. The summed E-state index contributed by atoms with van der Waals surface area (Å²) in [5.74, 6) is -0.873. The molecule has 0 aliphatic rings. The molecule has 0 aromatic carbocycles. The quantitative estimate of drug-likeness (QED) is 0.0261. The second kappa shape index (κ2) is 68.6. The second-order valence-corrected chi connectivity index (χ2v) is 23.8. The van der Waals surface area contributed by atoms with Crippen LogP contribution in [0.15, 0.2) is 60.8 Å². The molecule has 0 amide bonds. The SMILES string of the molecule is CC/C=C\C/C=C\C/C=C\CCCCCCCC(=O)OCC(COC(=O)CCCCCCCCCCCCCCCCCCCCCCCCCC)OC(=O)CCCCCCCCCCCCC/C=C\C/C=C\CCCCCCC. The van der Waals surface area contributed by atoms with Gasteiger partial charge in [0.15, 0.2) is 6.10 Å². The van der Waals surface area contributed by atoms with E-state index < -0.39 is 6.10 Å². The number of ether oxygens (including phenoxy) is 3. The van der Waals surface area contributed by atoms with Crippen LogP contribution < -0.4 is 0 Å². The zero-order chi connectivity index (χ0) is 57.8.